The van der Waals surface area contributed by atoms with Gasteiger partial charge in [0, 0.05) is 23.0 Å². The average molecular weight is 280 g/mol. The van der Waals surface area contributed by atoms with Crippen LogP contribution in [0.3, 0.4) is 0 Å². The predicted molar refractivity (Wildman–Crippen MR) is 77.8 cm³/mol. The standard InChI is InChI=1S/C16H22F2N2/c1-9(13-7-10-2-3-11(13)6-10)20-15-5-4-12(19)8-14(15)16(17)18/h4-5,8-11,13,16,20H,2-3,6-7,19H2,1H3. The Balaban J connectivity index is 1.74. The summed E-state index contributed by atoms with van der Waals surface area (Å²) in [5, 5.41) is 3.31. The number of nitrogens with two attached hydrogens (primary N) is 1. The quantitative estimate of drug-likeness (QED) is 0.800. The molecule has 0 aliphatic heterocycles. The molecule has 0 saturated heterocycles. The van der Waals surface area contributed by atoms with Crippen LogP contribution in [0.1, 0.15) is 44.6 Å². The highest BCUT2D eigenvalue weighted by Gasteiger charge is 2.41. The zero-order chi connectivity index (χ0) is 14.3. The fourth-order valence-corrected chi connectivity index (χ4v) is 4.15. The van der Waals surface area contributed by atoms with Crippen molar-refractivity contribution in [2.24, 2.45) is 17.8 Å². The molecule has 0 amide bonds. The third kappa shape index (κ3) is 2.48. The van der Waals surface area contributed by atoms with Crippen molar-refractivity contribution in [1.82, 2.24) is 0 Å². The summed E-state index contributed by atoms with van der Waals surface area (Å²) in [6.45, 7) is 2.12. The second-order valence-electron chi connectivity index (χ2n) is 6.42. The van der Waals surface area contributed by atoms with E-state index in [0.29, 0.717) is 17.3 Å². The maximum atomic E-state index is 13.1. The molecule has 2 saturated carbocycles. The van der Waals surface area contributed by atoms with Crippen LogP contribution in [-0.4, -0.2) is 6.04 Å². The first-order valence-corrected chi connectivity index (χ1v) is 7.48. The van der Waals surface area contributed by atoms with Crippen molar-refractivity contribution in [1.29, 1.82) is 0 Å². The summed E-state index contributed by atoms with van der Waals surface area (Å²) in [6, 6.07) is 4.98. The first-order chi connectivity index (χ1) is 9.54. The van der Waals surface area contributed by atoms with Crippen molar-refractivity contribution in [2.75, 3.05) is 11.1 Å². The van der Waals surface area contributed by atoms with Crippen LogP contribution in [0.4, 0.5) is 20.2 Å². The molecule has 2 aliphatic rings. The van der Waals surface area contributed by atoms with E-state index in [4.69, 9.17) is 5.73 Å². The van der Waals surface area contributed by atoms with Gasteiger partial charge in [0.15, 0.2) is 0 Å². The molecule has 4 unspecified atom stereocenters. The molecular formula is C16H22F2N2. The van der Waals surface area contributed by atoms with Crippen LogP contribution in [0.5, 0.6) is 0 Å². The molecule has 0 heterocycles. The SMILES string of the molecule is CC(Nc1ccc(N)cc1C(F)F)C1CC2CCC1C2. The lowest BCUT2D eigenvalue weighted by Crippen LogP contribution is -2.30. The molecule has 0 aromatic heterocycles. The summed E-state index contributed by atoms with van der Waals surface area (Å²) < 4.78 is 26.2. The smallest absolute Gasteiger partial charge is 0.265 e. The second-order valence-corrected chi connectivity index (χ2v) is 6.42. The highest BCUT2D eigenvalue weighted by atomic mass is 19.3. The van der Waals surface area contributed by atoms with Gasteiger partial charge in [0.05, 0.1) is 0 Å². The lowest BCUT2D eigenvalue weighted by Gasteiger charge is -2.30. The maximum Gasteiger partial charge on any atom is 0.265 e. The summed E-state index contributed by atoms with van der Waals surface area (Å²) in [5.74, 6) is 2.28. The normalized spacial score (nSPS) is 29.9. The van der Waals surface area contributed by atoms with Crippen LogP contribution < -0.4 is 11.1 Å². The van der Waals surface area contributed by atoms with E-state index in [1.54, 1.807) is 12.1 Å². The number of alkyl halides is 2. The summed E-state index contributed by atoms with van der Waals surface area (Å²) in [4.78, 5) is 0. The minimum Gasteiger partial charge on any atom is -0.399 e. The minimum atomic E-state index is -2.49. The van der Waals surface area contributed by atoms with Crippen LogP contribution in [0.2, 0.25) is 0 Å². The Kier molecular flexibility index (Phi) is 3.57. The molecule has 2 aliphatic carbocycles. The number of benzene rings is 1. The van der Waals surface area contributed by atoms with Crippen molar-refractivity contribution in [3.05, 3.63) is 23.8 Å². The number of hydrogen-bond donors (Lipinski definition) is 2. The van der Waals surface area contributed by atoms with Crippen LogP contribution in [0.25, 0.3) is 0 Å². The highest BCUT2D eigenvalue weighted by Crippen LogP contribution is 2.50. The van der Waals surface area contributed by atoms with Gasteiger partial charge in [-0.25, -0.2) is 8.78 Å². The number of rotatable bonds is 4. The lowest BCUT2D eigenvalue weighted by molar-refractivity contribution is 0.152. The number of halogens is 2. The van der Waals surface area contributed by atoms with Gasteiger partial charge in [-0.3, -0.25) is 0 Å². The number of fused-ring (bicyclic) bond motifs is 2. The van der Waals surface area contributed by atoms with E-state index in [1.165, 1.54) is 31.7 Å². The fourth-order valence-electron chi connectivity index (χ4n) is 4.15. The van der Waals surface area contributed by atoms with Crippen LogP contribution >= 0.6 is 0 Å². The fraction of sp³-hybridized carbons (Fsp3) is 0.625. The van der Waals surface area contributed by atoms with Crippen LogP contribution in [0.15, 0.2) is 18.2 Å². The lowest BCUT2D eigenvalue weighted by atomic mass is 9.84. The Labute approximate surface area is 118 Å². The molecule has 3 rings (SSSR count). The molecule has 1 aromatic rings. The number of hydrogen-bond acceptors (Lipinski definition) is 2. The van der Waals surface area contributed by atoms with E-state index < -0.39 is 6.43 Å². The molecule has 2 fully saturated rings. The molecule has 2 bridgehead atoms. The van der Waals surface area contributed by atoms with Crippen molar-refractivity contribution in [3.63, 3.8) is 0 Å². The third-order valence-corrected chi connectivity index (χ3v) is 5.13. The van der Waals surface area contributed by atoms with Gasteiger partial charge in [-0.2, -0.15) is 0 Å². The largest absolute Gasteiger partial charge is 0.399 e. The zero-order valence-corrected chi connectivity index (χ0v) is 11.8. The van der Waals surface area contributed by atoms with E-state index in [9.17, 15) is 8.78 Å². The zero-order valence-electron chi connectivity index (χ0n) is 11.8. The summed E-state index contributed by atoms with van der Waals surface area (Å²) >= 11 is 0. The molecular weight excluding hydrogens is 258 g/mol. The number of nitrogens with one attached hydrogen (secondary N) is 1. The molecule has 4 heteroatoms. The van der Waals surface area contributed by atoms with Gasteiger partial charge in [0.25, 0.3) is 6.43 Å². The molecule has 20 heavy (non-hydrogen) atoms. The van der Waals surface area contributed by atoms with Crippen molar-refractivity contribution < 1.29 is 8.78 Å². The van der Waals surface area contributed by atoms with Crippen molar-refractivity contribution in [2.45, 2.75) is 45.1 Å². The molecule has 0 radical (unpaired) electrons. The van der Waals surface area contributed by atoms with Crippen molar-refractivity contribution in [3.8, 4) is 0 Å². The Morgan fingerprint density at radius 2 is 2.05 bits per heavy atom. The van der Waals surface area contributed by atoms with Gasteiger partial charge >= 0.3 is 0 Å². The van der Waals surface area contributed by atoms with E-state index in [2.05, 4.69) is 12.2 Å². The number of nitrogen functional groups attached to an aromatic ring is 1. The minimum absolute atomic E-state index is 0.0139. The van der Waals surface area contributed by atoms with Crippen LogP contribution in [0, 0.1) is 17.8 Å². The summed E-state index contributed by atoms with van der Waals surface area (Å²) in [5.41, 5.74) is 6.54. The molecule has 4 atom stereocenters. The van der Waals surface area contributed by atoms with Crippen molar-refractivity contribution >= 4 is 11.4 Å². The average Bonchev–Trinajstić information content (AvgIpc) is 3.03. The topological polar surface area (TPSA) is 38.0 Å². The first-order valence-electron chi connectivity index (χ1n) is 7.48. The molecule has 0 spiro atoms. The van der Waals surface area contributed by atoms with E-state index in [1.807, 2.05) is 0 Å². The Morgan fingerprint density at radius 1 is 1.25 bits per heavy atom. The van der Waals surface area contributed by atoms with Gasteiger partial charge in [-0.1, -0.05) is 6.42 Å². The van der Waals surface area contributed by atoms with Gasteiger partial charge in [-0.05, 0) is 62.1 Å². The molecule has 1 aromatic carbocycles. The van der Waals surface area contributed by atoms with Gasteiger partial charge in [0.2, 0.25) is 0 Å². The van der Waals surface area contributed by atoms with E-state index in [-0.39, 0.29) is 11.6 Å². The second kappa shape index (κ2) is 5.23. The Bertz CT molecular complexity index is 489. The van der Waals surface area contributed by atoms with E-state index in [0.717, 1.165) is 11.8 Å². The van der Waals surface area contributed by atoms with Gasteiger partial charge in [-0.15, -0.1) is 0 Å². The molecule has 3 N–H and O–H groups in total. The Hall–Kier alpha value is -1.32. The molecule has 2 nitrogen and oxygen atoms in total. The van der Waals surface area contributed by atoms with Crippen LogP contribution in [-0.2, 0) is 0 Å². The monoisotopic (exact) mass is 280 g/mol. The third-order valence-electron chi connectivity index (χ3n) is 5.13. The summed E-state index contributed by atoms with van der Waals surface area (Å²) in [6.07, 6.45) is 2.76. The van der Waals surface area contributed by atoms with Gasteiger partial charge in [0.1, 0.15) is 0 Å². The Morgan fingerprint density at radius 3 is 2.65 bits per heavy atom. The number of anilines is 2. The molecule has 110 valence electrons. The van der Waals surface area contributed by atoms with Gasteiger partial charge < -0.3 is 11.1 Å². The maximum absolute atomic E-state index is 13.1. The summed E-state index contributed by atoms with van der Waals surface area (Å²) in [7, 11) is 0. The van der Waals surface area contributed by atoms with E-state index >= 15 is 0 Å². The first kappa shape index (κ1) is 13.7. The highest BCUT2D eigenvalue weighted by molar-refractivity contribution is 5.59. The predicted octanol–water partition coefficient (Wildman–Crippen LogP) is 4.44.